The Balaban J connectivity index is 1.79. The Morgan fingerprint density at radius 2 is 2.14 bits per heavy atom. The van der Waals surface area contributed by atoms with Gasteiger partial charge in [0.1, 0.15) is 6.33 Å². The standard InChI is InChI=1S/C15H18N4O3/c1-10(2)21-14-11-4-7-19(8-5-12(11)16-9-17-14)15(20)13-3-6-18-22-13/h3,6,9-10H,4-5,7-8H2,1-2H3. The predicted octanol–water partition coefficient (Wildman–Crippen LogP) is 1.49. The van der Waals surface area contributed by atoms with Crippen LogP contribution in [0, 0.1) is 0 Å². The Kier molecular flexibility index (Phi) is 4.04. The summed E-state index contributed by atoms with van der Waals surface area (Å²) in [5.41, 5.74) is 1.93. The van der Waals surface area contributed by atoms with E-state index in [9.17, 15) is 4.79 Å². The minimum absolute atomic E-state index is 0.0502. The number of hydrogen-bond donors (Lipinski definition) is 0. The second kappa shape index (κ2) is 6.13. The average Bonchev–Trinajstić information content (AvgIpc) is 2.93. The van der Waals surface area contributed by atoms with Gasteiger partial charge < -0.3 is 14.2 Å². The lowest BCUT2D eigenvalue weighted by molar-refractivity contribution is 0.0720. The van der Waals surface area contributed by atoms with E-state index in [-0.39, 0.29) is 17.8 Å². The summed E-state index contributed by atoms with van der Waals surface area (Å²) in [5.74, 6) is 0.731. The van der Waals surface area contributed by atoms with Crippen molar-refractivity contribution in [3.05, 3.63) is 35.6 Å². The van der Waals surface area contributed by atoms with E-state index in [0.717, 1.165) is 11.3 Å². The van der Waals surface area contributed by atoms with E-state index >= 15 is 0 Å². The molecule has 3 rings (SSSR count). The van der Waals surface area contributed by atoms with Gasteiger partial charge in [-0.2, -0.15) is 0 Å². The number of aromatic nitrogens is 3. The smallest absolute Gasteiger partial charge is 0.292 e. The molecule has 7 nitrogen and oxygen atoms in total. The summed E-state index contributed by atoms with van der Waals surface area (Å²) in [4.78, 5) is 22.7. The molecule has 0 unspecified atom stereocenters. The number of rotatable bonds is 3. The molecule has 1 amide bonds. The molecule has 2 aromatic rings. The third-order valence-corrected chi connectivity index (χ3v) is 3.53. The third kappa shape index (κ3) is 2.93. The lowest BCUT2D eigenvalue weighted by Gasteiger charge is -2.18. The molecule has 0 N–H and O–H groups in total. The zero-order chi connectivity index (χ0) is 15.5. The molecule has 0 saturated carbocycles. The van der Waals surface area contributed by atoms with Gasteiger partial charge in [-0.3, -0.25) is 4.79 Å². The van der Waals surface area contributed by atoms with Crippen LogP contribution in [0.4, 0.5) is 0 Å². The Morgan fingerprint density at radius 1 is 1.32 bits per heavy atom. The normalized spacial score (nSPS) is 14.6. The molecule has 1 aliphatic heterocycles. The van der Waals surface area contributed by atoms with Gasteiger partial charge in [0.15, 0.2) is 0 Å². The van der Waals surface area contributed by atoms with Gasteiger partial charge in [-0.25, -0.2) is 9.97 Å². The van der Waals surface area contributed by atoms with Crippen molar-refractivity contribution in [3.8, 4) is 5.88 Å². The molecule has 0 atom stereocenters. The maximum atomic E-state index is 12.4. The largest absolute Gasteiger partial charge is 0.475 e. The summed E-state index contributed by atoms with van der Waals surface area (Å²) < 4.78 is 10.7. The van der Waals surface area contributed by atoms with Crippen LogP contribution in [0.5, 0.6) is 5.88 Å². The van der Waals surface area contributed by atoms with Crippen molar-refractivity contribution in [2.75, 3.05) is 13.1 Å². The number of fused-ring (bicyclic) bond motifs is 1. The Morgan fingerprint density at radius 3 is 2.86 bits per heavy atom. The second-order valence-corrected chi connectivity index (χ2v) is 5.44. The van der Waals surface area contributed by atoms with Crippen molar-refractivity contribution < 1.29 is 14.1 Å². The van der Waals surface area contributed by atoms with E-state index in [0.29, 0.717) is 31.8 Å². The molecule has 0 spiro atoms. The molecule has 7 heteroatoms. The SMILES string of the molecule is CC(C)Oc1ncnc2c1CCN(C(=O)c1ccno1)CC2. The molecule has 0 aromatic carbocycles. The van der Waals surface area contributed by atoms with Crippen LogP contribution in [0.3, 0.4) is 0 Å². The first-order valence-electron chi connectivity index (χ1n) is 7.34. The summed E-state index contributed by atoms with van der Waals surface area (Å²) in [5, 5.41) is 3.58. The molecule has 0 radical (unpaired) electrons. The topological polar surface area (TPSA) is 81.4 Å². The van der Waals surface area contributed by atoms with Crippen LogP contribution in [-0.4, -0.2) is 45.1 Å². The Hall–Kier alpha value is -2.44. The Bertz CT molecular complexity index is 655. The number of hydrogen-bond acceptors (Lipinski definition) is 6. The molecule has 22 heavy (non-hydrogen) atoms. The van der Waals surface area contributed by atoms with Crippen LogP contribution >= 0.6 is 0 Å². The average molecular weight is 302 g/mol. The van der Waals surface area contributed by atoms with Crippen molar-refractivity contribution >= 4 is 5.91 Å². The summed E-state index contributed by atoms with van der Waals surface area (Å²) in [6, 6.07) is 1.58. The first-order chi connectivity index (χ1) is 10.6. The van der Waals surface area contributed by atoms with Crippen molar-refractivity contribution in [1.82, 2.24) is 20.0 Å². The van der Waals surface area contributed by atoms with Gasteiger partial charge in [0, 0.05) is 31.1 Å². The van der Waals surface area contributed by atoms with Gasteiger partial charge in [-0.15, -0.1) is 0 Å². The summed E-state index contributed by atoms with van der Waals surface area (Å²) in [7, 11) is 0. The van der Waals surface area contributed by atoms with Crippen LogP contribution in [0.15, 0.2) is 23.1 Å². The first-order valence-corrected chi connectivity index (χ1v) is 7.34. The van der Waals surface area contributed by atoms with Gasteiger partial charge in [0.2, 0.25) is 11.6 Å². The molecule has 1 aliphatic rings. The highest BCUT2D eigenvalue weighted by molar-refractivity contribution is 5.91. The van der Waals surface area contributed by atoms with Crippen LogP contribution in [0.1, 0.15) is 35.7 Å². The third-order valence-electron chi connectivity index (χ3n) is 3.53. The minimum atomic E-state index is -0.149. The maximum absolute atomic E-state index is 12.4. The van der Waals surface area contributed by atoms with E-state index in [1.54, 1.807) is 11.0 Å². The number of carbonyl (C=O) groups is 1. The van der Waals surface area contributed by atoms with Crippen LogP contribution in [-0.2, 0) is 12.8 Å². The quantitative estimate of drug-likeness (QED) is 0.854. The van der Waals surface area contributed by atoms with Gasteiger partial charge in [-0.05, 0) is 20.3 Å². The minimum Gasteiger partial charge on any atom is -0.475 e. The van der Waals surface area contributed by atoms with Gasteiger partial charge in [0.25, 0.3) is 5.91 Å². The highest BCUT2D eigenvalue weighted by Gasteiger charge is 2.24. The van der Waals surface area contributed by atoms with E-state index < -0.39 is 0 Å². The molecule has 2 aromatic heterocycles. The molecule has 0 aliphatic carbocycles. The fourth-order valence-corrected chi connectivity index (χ4v) is 2.51. The van der Waals surface area contributed by atoms with Crippen LogP contribution < -0.4 is 4.74 Å². The number of nitrogens with zero attached hydrogens (tertiary/aromatic N) is 4. The van der Waals surface area contributed by atoms with Gasteiger partial charge in [-0.1, -0.05) is 5.16 Å². The molecule has 3 heterocycles. The lowest BCUT2D eigenvalue weighted by atomic mass is 10.1. The Labute approximate surface area is 128 Å². The molecule has 0 fully saturated rings. The molecule has 0 bridgehead atoms. The highest BCUT2D eigenvalue weighted by atomic mass is 16.5. The number of amides is 1. The van der Waals surface area contributed by atoms with E-state index in [4.69, 9.17) is 9.26 Å². The molecule has 116 valence electrons. The molecule has 0 saturated heterocycles. The van der Waals surface area contributed by atoms with E-state index in [2.05, 4.69) is 15.1 Å². The summed E-state index contributed by atoms with van der Waals surface area (Å²) >= 11 is 0. The van der Waals surface area contributed by atoms with Crippen LogP contribution in [0.2, 0.25) is 0 Å². The zero-order valence-corrected chi connectivity index (χ0v) is 12.7. The fraction of sp³-hybridized carbons (Fsp3) is 0.467. The lowest BCUT2D eigenvalue weighted by Crippen LogP contribution is -2.33. The second-order valence-electron chi connectivity index (χ2n) is 5.44. The fourth-order valence-electron chi connectivity index (χ4n) is 2.51. The van der Waals surface area contributed by atoms with Gasteiger partial charge >= 0.3 is 0 Å². The zero-order valence-electron chi connectivity index (χ0n) is 12.7. The highest BCUT2D eigenvalue weighted by Crippen LogP contribution is 2.23. The number of ether oxygens (including phenoxy) is 1. The van der Waals surface area contributed by atoms with Crippen molar-refractivity contribution in [2.45, 2.75) is 32.8 Å². The first kappa shape index (κ1) is 14.5. The van der Waals surface area contributed by atoms with Crippen molar-refractivity contribution in [1.29, 1.82) is 0 Å². The summed E-state index contributed by atoms with van der Waals surface area (Å²) in [6.07, 6.45) is 4.38. The monoisotopic (exact) mass is 302 g/mol. The molecular weight excluding hydrogens is 284 g/mol. The van der Waals surface area contributed by atoms with E-state index in [1.807, 2.05) is 13.8 Å². The summed E-state index contributed by atoms with van der Waals surface area (Å²) in [6.45, 7) is 5.09. The predicted molar refractivity (Wildman–Crippen MR) is 77.6 cm³/mol. The number of carbonyl (C=O) groups excluding carboxylic acids is 1. The van der Waals surface area contributed by atoms with Crippen molar-refractivity contribution in [2.24, 2.45) is 0 Å². The van der Waals surface area contributed by atoms with Gasteiger partial charge in [0.05, 0.1) is 18.0 Å². The van der Waals surface area contributed by atoms with Crippen molar-refractivity contribution in [3.63, 3.8) is 0 Å². The van der Waals surface area contributed by atoms with E-state index in [1.165, 1.54) is 12.5 Å². The van der Waals surface area contributed by atoms with Crippen LogP contribution in [0.25, 0.3) is 0 Å². The maximum Gasteiger partial charge on any atom is 0.292 e. The molecular formula is C15H18N4O3.